The molecule has 3 aromatic rings. The standard InChI is InChI=1S/C19H16Cl2N4O2S/c1-11-15(21)3-2-4-16(11)24-17(26)9-14-10-28-19(23-14)25-18(27)22-13-7-5-12(20)6-8-13/h2-8,10H,9H2,1H3,(H,24,26)(H2,22,23,25,27). The second-order valence-electron chi connectivity index (χ2n) is 5.87. The highest BCUT2D eigenvalue weighted by Gasteiger charge is 2.12. The van der Waals surface area contributed by atoms with Gasteiger partial charge in [0, 0.05) is 26.8 Å². The third-order valence-electron chi connectivity index (χ3n) is 3.76. The minimum absolute atomic E-state index is 0.0862. The number of urea groups is 1. The zero-order valence-electron chi connectivity index (χ0n) is 14.8. The number of aromatic nitrogens is 1. The molecule has 0 radical (unpaired) electrons. The third-order valence-corrected chi connectivity index (χ3v) is 5.23. The fourth-order valence-corrected chi connectivity index (χ4v) is 3.35. The Balaban J connectivity index is 1.54. The normalized spacial score (nSPS) is 10.4. The van der Waals surface area contributed by atoms with E-state index >= 15 is 0 Å². The molecular weight excluding hydrogens is 419 g/mol. The third kappa shape index (κ3) is 5.45. The molecule has 28 heavy (non-hydrogen) atoms. The van der Waals surface area contributed by atoms with Gasteiger partial charge in [-0.2, -0.15) is 0 Å². The van der Waals surface area contributed by atoms with Gasteiger partial charge in [-0.15, -0.1) is 11.3 Å². The molecule has 3 amide bonds. The molecule has 0 aliphatic carbocycles. The quantitative estimate of drug-likeness (QED) is 0.489. The number of carbonyl (C=O) groups excluding carboxylic acids is 2. The summed E-state index contributed by atoms with van der Waals surface area (Å²) in [7, 11) is 0. The maximum atomic E-state index is 12.2. The van der Waals surface area contributed by atoms with Crippen molar-refractivity contribution in [2.24, 2.45) is 0 Å². The van der Waals surface area contributed by atoms with Crippen LogP contribution in [-0.2, 0) is 11.2 Å². The van der Waals surface area contributed by atoms with E-state index in [0.29, 0.717) is 32.2 Å². The highest BCUT2D eigenvalue weighted by molar-refractivity contribution is 7.14. The van der Waals surface area contributed by atoms with Crippen molar-refractivity contribution in [3.63, 3.8) is 0 Å². The van der Waals surface area contributed by atoms with E-state index in [0.717, 1.165) is 5.56 Å². The number of amides is 3. The van der Waals surface area contributed by atoms with Crippen LogP contribution in [0.25, 0.3) is 0 Å². The van der Waals surface area contributed by atoms with Crippen molar-refractivity contribution < 1.29 is 9.59 Å². The van der Waals surface area contributed by atoms with Crippen LogP contribution in [0.4, 0.5) is 21.3 Å². The van der Waals surface area contributed by atoms with Crippen LogP contribution in [0.3, 0.4) is 0 Å². The lowest BCUT2D eigenvalue weighted by Crippen LogP contribution is -2.19. The summed E-state index contributed by atoms with van der Waals surface area (Å²) in [6, 6.07) is 11.6. The molecular formula is C19H16Cl2N4O2S. The molecule has 2 aromatic carbocycles. The van der Waals surface area contributed by atoms with Crippen molar-refractivity contribution in [1.82, 2.24) is 4.98 Å². The monoisotopic (exact) mass is 434 g/mol. The summed E-state index contributed by atoms with van der Waals surface area (Å²) in [6.45, 7) is 1.84. The van der Waals surface area contributed by atoms with Crippen LogP contribution in [0.2, 0.25) is 10.0 Å². The lowest BCUT2D eigenvalue weighted by Gasteiger charge is -2.08. The Morgan fingerprint density at radius 2 is 1.79 bits per heavy atom. The average Bonchev–Trinajstić information content (AvgIpc) is 3.07. The number of hydrogen-bond acceptors (Lipinski definition) is 4. The largest absolute Gasteiger partial charge is 0.325 e. The van der Waals surface area contributed by atoms with Crippen molar-refractivity contribution in [2.45, 2.75) is 13.3 Å². The van der Waals surface area contributed by atoms with Crippen molar-refractivity contribution in [1.29, 1.82) is 0 Å². The van der Waals surface area contributed by atoms with Crippen LogP contribution in [0, 0.1) is 6.92 Å². The van der Waals surface area contributed by atoms with Crippen LogP contribution in [-0.4, -0.2) is 16.9 Å². The van der Waals surface area contributed by atoms with Gasteiger partial charge in [-0.25, -0.2) is 9.78 Å². The molecule has 0 saturated carbocycles. The van der Waals surface area contributed by atoms with Gasteiger partial charge in [0.25, 0.3) is 0 Å². The minimum atomic E-state index is -0.428. The Bertz CT molecular complexity index is 1010. The Labute approximate surface area is 175 Å². The summed E-state index contributed by atoms with van der Waals surface area (Å²) in [5, 5.41) is 11.4. The minimum Gasteiger partial charge on any atom is -0.325 e. The number of nitrogens with one attached hydrogen (secondary N) is 3. The van der Waals surface area contributed by atoms with Gasteiger partial charge in [-0.05, 0) is 48.9 Å². The first-order valence-electron chi connectivity index (χ1n) is 8.23. The lowest BCUT2D eigenvalue weighted by atomic mass is 10.2. The van der Waals surface area contributed by atoms with Gasteiger partial charge in [0.2, 0.25) is 5.91 Å². The Hall–Kier alpha value is -2.61. The van der Waals surface area contributed by atoms with E-state index in [1.165, 1.54) is 11.3 Å². The first-order valence-corrected chi connectivity index (χ1v) is 9.87. The molecule has 1 heterocycles. The zero-order chi connectivity index (χ0) is 20.1. The maximum absolute atomic E-state index is 12.2. The molecule has 0 unspecified atom stereocenters. The van der Waals surface area contributed by atoms with Gasteiger partial charge in [0.15, 0.2) is 5.13 Å². The summed E-state index contributed by atoms with van der Waals surface area (Å²) < 4.78 is 0. The molecule has 3 N–H and O–H groups in total. The Kier molecular flexibility index (Phi) is 6.51. The number of thiazole rings is 1. The topological polar surface area (TPSA) is 83.1 Å². The molecule has 1 aromatic heterocycles. The van der Waals surface area contributed by atoms with Gasteiger partial charge in [-0.3, -0.25) is 10.1 Å². The number of carbonyl (C=O) groups is 2. The Morgan fingerprint density at radius 3 is 2.54 bits per heavy atom. The second-order valence-corrected chi connectivity index (χ2v) is 7.57. The lowest BCUT2D eigenvalue weighted by molar-refractivity contribution is -0.115. The fourth-order valence-electron chi connectivity index (χ4n) is 2.34. The number of halogens is 2. The molecule has 3 rings (SSSR count). The number of hydrogen-bond donors (Lipinski definition) is 3. The number of rotatable bonds is 5. The predicted molar refractivity (Wildman–Crippen MR) is 115 cm³/mol. The summed E-state index contributed by atoms with van der Waals surface area (Å²) in [4.78, 5) is 28.5. The molecule has 0 fully saturated rings. The smallest absolute Gasteiger partial charge is 0.325 e. The van der Waals surface area contributed by atoms with Crippen molar-refractivity contribution >= 4 is 63.0 Å². The van der Waals surface area contributed by atoms with E-state index in [-0.39, 0.29) is 12.3 Å². The van der Waals surface area contributed by atoms with E-state index in [9.17, 15) is 9.59 Å². The molecule has 0 spiro atoms. The van der Waals surface area contributed by atoms with Crippen LogP contribution in [0.5, 0.6) is 0 Å². The molecule has 0 atom stereocenters. The number of nitrogens with zero attached hydrogens (tertiary/aromatic N) is 1. The fraction of sp³-hybridized carbons (Fsp3) is 0.105. The molecule has 144 valence electrons. The van der Waals surface area contributed by atoms with Gasteiger partial charge in [-0.1, -0.05) is 29.3 Å². The summed E-state index contributed by atoms with van der Waals surface area (Å²) in [5.41, 5.74) is 2.63. The predicted octanol–water partition coefficient (Wildman–Crippen LogP) is 5.58. The SMILES string of the molecule is Cc1c(Cl)cccc1NC(=O)Cc1csc(NC(=O)Nc2ccc(Cl)cc2)n1. The van der Waals surface area contributed by atoms with E-state index in [1.54, 1.807) is 47.8 Å². The summed E-state index contributed by atoms with van der Waals surface area (Å²) >= 11 is 13.1. The molecule has 6 nitrogen and oxygen atoms in total. The Morgan fingerprint density at radius 1 is 1.04 bits per heavy atom. The highest BCUT2D eigenvalue weighted by Crippen LogP contribution is 2.23. The van der Waals surface area contributed by atoms with Gasteiger partial charge in [0.1, 0.15) is 0 Å². The maximum Gasteiger partial charge on any atom is 0.325 e. The van der Waals surface area contributed by atoms with E-state index < -0.39 is 6.03 Å². The molecule has 9 heteroatoms. The zero-order valence-corrected chi connectivity index (χ0v) is 17.1. The average molecular weight is 435 g/mol. The number of benzene rings is 2. The summed E-state index contributed by atoms with van der Waals surface area (Å²) in [5.74, 6) is -0.215. The van der Waals surface area contributed by atoms with Gasteiger partial charge < -0.3 is 10.6 Å². The molecule has 0 aliphatic rings. The van der Waals surface area contributed by atoms with Gasteiger partial charge >= 0.3 is 6.03 Å². The van der Waals surface area contributed by atoms with E-state index in [1.807, 2.05) is 6.92 Å². The molecule has 0 aliphatic heterocycles. The van der Waals surface area contributed by atoms with Gasteiger partial charge in [0.05, 0.1) is 12.1 Å². The first kappa shape index (κ1) is 20.1. The number of anilines is 3. The van der Waals surface area contributed by atoms with Crippen LogP contribution < -0.4 is 16.0 Å². The van der Waals surface area contributed by atoms with Crippen LogP contribution >= 0.6 is 34.5 Å². The van der Waals surface area contributed by atoms with Crippen molar-refractivity contribution in [2.75, 3.05) is 16.0 Å². The molecule has 0 saturated heterocycles. The van der Waals surface area contributed by atoms with Crippen LogP contribution in [0.15, 0.2) is 47.8 Å². The van der Waals surface area contributed by atoms with Crippen molar-refractivity contribution in [3.05, 3.63) is 69.1 Å². The highest BCUT2D eigenvalue weighted by atomic mass is 35.5. The van der Waals surface area contributed by atoms with Crippen LogP contribution in [0.1, 0.15) is 11.3 Å². The first-order chi connectivity index (χ1) is 13.4. The summed E-state index contributed by atoms with van der Waals surface area (Å²) in [6.07, 6.45) is 0.0862. The van der Waals surface area contributed by atoms with Crippen molar-refractivity contribution in [3.8, 4) is 0 Å². The molecule has 0 bridgehead atoms. The van der Waals surface area contributed by atoms with E-state index in [2.05, 4.69) is 20.9 Å². The van der Waals surface area contributed by atoms with E-state index in [4.69, 9.17) is 23.2 Å². The second kappa shape index (κ2) is 9.05.